The van der Waals surface area contributed by atoms with Gasteiger partial charge in [0.15, 0.2) is 0 Å². The van der Waals surface area contributed by atoms with E-state index in [1.807, 2.05) is 20.8 Å². The van der Waals surface area contributed by atoms with Gasteiger partial charge in [0, 0.05) is 0 Å². The third-order valence-electron chi connectivity index (χ3n) is 3.98. The lowest BCUT2D eigenvalue weighted by Gasteiger charge is -2.20. The zero-order chi connectivity index (χ0) is 19.2. The third-order valence-corrected chi connectivity index (χ3v) is 5.47. The first kappa shape index (κ1) is 20.2. The lowest BCUT2D eigenvalue weighted by Crippen LogP contribution is -2.47. The number of amides is 1. The summed E-state index contributed by atoms with van der Waals surface area (Å²) >= 11 is 0. The molecule has 1 amide bonds. The Morgan fingerprint density at radius 3 is 2.38 bits per heavy atom. The standard InChI is InChI=1S/C19H26N2O4S/c1-4-15-7-9-17(10-8-15)26(23,24)21-18(12-14(2)3)19(22)20-13-16-6-5-11-25-16/h5-11,14,18,21H,4,12-13H2,1-3H3,(H,20,22)/t18-/m1/s1. The number of carbonyl (C=O) groups is 1. The van der Waals surface area contributed by atoms with E-state index >= 15 is 0 Å². The lowest BCUT2D eigenvalue weighted by molar-refractivity contribution is -0.123. The molecule has 0 saturated heterocycles. The largest absolute Gasteiger partial charge is 0.467 e. The van der Waals surface area contributed by atoms with Crippen LogP contribution < -0.4 is 10.0 Å². The van der Waals surface area contributed by atoms with Crippen LogP contribution in [0.2, 0.25) is 0 Å². The van der Waals surface area contributed by atoms with Crippen LogP contribution in [0, 0.1) is 5.92 Å². The molecular weight excluding hydrogens is 352 g/mol. The molecule has 1 heterocycles. The van der Waals surface area contributed by atoms with Gasteiger partial charge in [0.2, 0.25) is 15.9 Å². The summed E-state index contributed by atoms with van der Waals surface area (Å²) in [6.45, 7) is 6.10. The molecule has 0 saturated carbocycles. The molecule has 26 heavy (non-hydrogen) atoms. The summed E-state index contributed by atoms with van der Waals surface area (Å²) in [5.74, 6) is 0.392. The predicted molar refractivity (Wildman–Crippen MR) is 99.9 cm³/mol. The van der Waals surface area contributed by atoms with E-state index in [-0.39, 0.29) is 23.3 Å². The molecule has 0 aliphatic rings. The van der Waals surface area contributed by atoms with Crippen molar-refractivity contribution >= 4 is 15.9 Å². The molecular formula is C19H26N2O4S. The molecule has 6 nitrogen and oxygen atoms in total. The van der Waals surface area contributed by atoms with Gasteiger partial charge in [0.25, 0.3) is 0 Å². The minimum Gasteiger partial charge on any atom is -0.467 e. The number of furan rings is 1. The van der Waals surface area contributed by atoms with Gasteiger partial charge in [-0.05, 0) is 48.6 Å². The molecule has 1 atom stereocenters. The molecule has 1 aromatic heterocycles. The SMILES string of the molecule is CCc1ccc(S(=O)(=O)N[C@H](CC(C)C)C(=O)NCc2ccco2)cc1. The van der Waals surface area contributed by atoms with Crippen molar-refractivity contribution in [1.29, 1.82) is 0 Å². The van der Waals surface area contributed by atoms with Crippen molar-refractivity contribution in [2.45, 2.75) is 51.1 Å². The quantitative estimate of drug-likeness (QED) is 0.702. The monoisotopic (exact) mass is 378 g/mol. The summed E-state index contributed by atoms with van der Waals surface area (Å²) in [6, 6.07) is 9.32. The second-order valence-corrected chi connectivity index (χ2v) is 8.31. The fourth-order valence-electron chi connectivity index (χ4n) is 2.55. The lowest BCUT2D eigenvalue weighted by atomic mass is 10.0. The topological polar surface area (TPSA) is 88.4 Å². The molecule has 0 bridgehead atoms. The molecule has 2 aromatic rings. The van der Waals surface area contributed by atoms with Gasteiger partial charge in [-0.1, -0.05) is 32.9 Å². The first-order valence-corrected chi connectivity index (χ1v) is 10.2. The maximum atomic E-state index is 12.7. The van der Waals surface area contributed by atoms with Crippen molar-refractivity contribution in [3.8, 4) is 0 Å². The van der Waals surface area contributed by atoms with Crippen LogP contribution in [0.25, 0.3) is 0 Å². The minimum absolute atomic E-state index is 0.152. The van der Waals surface area contributed by atoms with Crippen LogP contribution in [0.3, 0.4) is 0 Å². The summed E-state index contributed by atoms with van der Waals surface area (Å²) in [5, 5.41) is 2.72. The van der Waals surface area contributed by atoms with E-state index in [0.29, 0.717) is 12.2 Å². The highest BCUT2D eigenvalue weighted by atomic mass is 32.2. The van der Waals surface area contributed by atoms with Crippen molar-refractivity contribution in [3.63, 3.8) is 0 Å². The molecule has 0 unspecified atom stereocenters. The average Bonchev–Trinajstić information content (AvgIpc) is 3.12. The molecule has 0 fully saturated rings. The Hall–Kier alpha value is -2.12. The first-order valence-electron chi connectivity index (χ1n) is 8.73. The molecule has 142 valence electrons. The number of hydrogen-bond acceptors (Lipinski definition) is 4. The normalized spacial score (nSPS) is 12.9. The van der Waals surface area contributed by atoms with Crippen LogP contribution in [-0.4, -0.2) is 20.4 Å². The molecule has 1 aromatic carbocycles. The van der Waals surface area contributed by atoms with Crippen molar-refractivity contribution in [3.05, 3.63) is 54.0 Å². The van der Waals surface area contributed by atoms with E-state index in [4.69, 9.17) is 4.42 Å². The van der Waals surface area contributed by atoms with Crippen LogP contribution in [-0.2, 0) is 27.8 Å². The molecule has 7 heteroatoms. The van der Waals surface area contributed by atoms with Gasteiger partial charge in [0.05, 0.1) is 17.7 Å². The Balaban J connectivity index is 2.10. The van der Waals surface area contributed by atoms with Gasteiger partial charge in [-0.2, -0.15) is 4.72 Å². The molecule has 0 aliphatic carbocycles. The zero-order valence-electron chi connectivity index (χ0n) is 15.4. The molecule has 0 aliphatic heterocycles. The van der Waals surface area contributed by atoms with Gasteiger partial charge in [-0.3, -0.25) is 4.79 Å². The summed E-state index contributed by atoms with van der Waals surface area (Å²) < 4.78 is 33.0. The number of sulfonamides is 1. The Kier molecular flexibility index (Phi) is 6.99. The van der Waals surface area contributed by atoms with Crippen LogP contribution in [0.4, 0.5) is 0 Å². The van der Waals surface area contributed by atoms with Crippen molar-refractivity contribution < 1.29 is 17.6 Å². The van der Waals surface area contributed by atoms with Gasteiger partial charge in [0.1, 0.15) is 11.8 Å². The first-order chi connectivity index (χ1) is 12.3. The zero-order valence-corrected chi connectivity index (χ0v) is 16.2. The number of hydrogen-bond donors (Lipinski definition) is 2. The Morgan fingerprint density at radius 1 is 1.15 bits per heavy atom. The number of benzene rings is 1. The van der Waals surface area contributed by atoms with Crippen LogP contribution in [0.15, 0.2) is 52.0 Å². The smallest absolute Gasteiger partial charge is 0.241 e. The number of nitrogens with one attached hydrogen (secondary N) is 2. The van der Waals surface area contributed by atoms with Crippen molar-refractivity contribution in [2.75, 3.05) is 0 Å². The number of carbonyl (C=O) groups excluding carboxylic acids is 1. The molecule has 0 radical (unpaired) electrons. The van der Waals surface area contributed by atoms with Crippen molar-refractivity contribution in [1.82, 2.24) is 10.0 Å². The fraction of sp³-hybridized carbons (Fsp3) is 0.421. The van der Waals surface area contributed by atoms with E-state index < -0.39 is 16.1 Å². The van der Waals surface area contributed by atoms with Crippen LogP contribution >= 0.6 is 0 Å². The summed E-state index contributed by atoms with van der Waals surface area (Å²) in [7, 11) is -3.78. The summed E-state index contributed by atoms with van der Waals surface area (Å²) in [6.07, 6.45) is 2.75. The predicted octanol–water partition coefficient (Wildman–Crippen LogP) is 2.85. The number of aryl methyl sites for hydroxylation is 1. The second kappa shape index (κ2) is 9.00. The van der Waals surface area contributed by atoms with Crippen molar-refractivity contribution in [2.24, 2.45) is 5.92 Å². The van der Waals surface area contributed by atoms with Crippen LogP contribution in [0.1, 0.15) is 38.5 Å². The highest BCUT2D eigenvalue weighted by Gasteiger charge is 2.26. The van der Waals surface area contributed by atoms with E-state index in [9.17, 15) is 13.2 Å². The average molecular weight is 378 g/mol. The summed E-state index contributed by atoms with van der Waals surface area (Å²) in [4.78, 5) is 12.7. The van der Waals surface area contributed by atoms with Gasteiger partial charge in [-0.25, -0.2) is 8.42 Å². The maximum absolute atomic E-state index is 12.7. The van der Waals surface area contributed by atoms with Gasteiger partial charge in [-0.15, -0.1) is 0 Å². The Labute approximate surface area is 155 Å². The Bertz CT molecular complexity index is 797. The van der Waals surface area contributed by atoms with E-state index in [2.05, 4.69) is 10.0 Å². The molecule has 2 N–H and O–H groups in total. The summed E-state index contributed by atoms with van der Waals surface area (Å²) in [5.41, 5.74) is 1.05. The molecule has 0 spiro atoms. The van der Waals surface area contributed by atoms with E-state index in [0.717, 1.165) is 12.0 Å². The highest BCUT2D eigenvalue weighted by molar-refractivity contribution is 7.89. The maximum Gasteiger partial charge on any atom is 0.241 e. The second-order valence-electron chi connectivity index (χ2n) is 6.60. The van der Waals surface area contributed by atoms with E-state index in [1.54, 1.807) is 36.4 Å². The van der Waals surface area contributed by atoms with Gasteiger partial charge < -0.3 is 9.73 Å². The van der Waals surface area contributed by atoms with E-state index in [1.165, 1.54) is 6.26 Å². The number of rotatable bonds is 9. The highest BCUT2D eigenvalue weighted by Crippen LogP contribution is 2.14. The minimum atomic E-state index is -3.78. The Morgan fingerprint density at radius 2 is 1.85 bits per heavy atom. The third kappa shape index (κ3) is 5.71. The van der Waals surface area contributed by atoms with Crippen LogP contribution in [0.5, 0.6) is 0 Å². The fourth-order valence-corrected chi connectivity index (χ4v) is 3.76. The van der Waals surface area contributed by atoms with Gasteiger partial charge >= 0.3 is 0 Å². The molecule has 2 rings (SSSR count).